The molecule has 2 aliphatic heterocycles. The molecular weight excluding hydrogens is 427 g/mol. The highest BCUT2D eigenvalue weighted by molar-refractivity contribution is 6.01. The number of rotatable bonds is 5. The number of fused-ring (bicyclic) bond motifs is 2. The van der Waals surface area contributed by atoms with E-state index in [1.54, 1.807) is 12.1 Å². The predicted octanol–water partition coefficient (Wildman–Crippen LogP) is 2.72. The van der Waals surface area contributed by atoms with E-state index in [1.807, 2.05) is 4.90 Å². The minimum Gasteiger partial charge on any atom is -0.464 e. The van der Waals surface area contributed by atoms with E-state index >= 15 is 0 Å². The average Bonchev–Trinajstić information content (AvgIpc) is 3.42. The zero-order chi connectivity index (χ0) is 22.9. The molecule has 0 aliphatic carbocycles. The van der Waals surface area contributed by atoms with Crippen molar-refractivity contribution in [2.75, 3.05) is 12.4 Å². The molecule has 2 fully saturated rings. The van der Waals surface area contributed by atoms with Crippen molar-refractivity contribution >= 4 is 17.7 Å². The van der Waals surface area contributed by atoms with Crippen LogP contribution in [0, 0.1) is 5.82 Å². The van der Waals surface area contributed by atoms with Gasteiger partial charge in [0.25, 0.3) is 5.91 Å². The normalized spacial score (nSPS) is 21.2. The Kier molecular flexibility index (Phi) is 5.41. The van der Waals surface area contributed by atoms with Crippen molar-refractivity contribution in [2.45, 2.75) is 37.4 Å². The fourth-order valence-corrected chi connectivity index (χ4v) is 4.76. The first-order chi connectivity index (χ1) is 16.1. The molecule has 2 aromatic heterocycles. The number of esters is 1. The van der Waals surface area contributed by atoms with Gasteiger partial charge in [-0.1, -0.05) is 6.07 Å². The van der Waals surface area contributed by atoms with Crippen LogP contribution in [-0.2, 0) is 4.74 Å². The number of carbonyl (C=O) groups is 2. The number of amides is 1. The molecule has 4 heterocycles. The van der Waals surface area contributed by atoms with Crippen LogP contribution < -0.4 is 5.32 Å². The number of halogens is 1. The van der Waals surface area contributed by atoms with E-state index in [4.69, 9.17) is 0 Å². The van der Waals surface area contributed by atoms with Crippen LogP contribution in [0.1, 0.15) is 40.1 Å². The number of nitrogens with one attached hydrogen (secondary N) is 1. The summed E-state index contributed by atoms with van der Waals surface area (Å²) >= 11 is 0. The van der Waals surface area contributed by atoms with Crippen LogP contribution in [-0.4, -0.2) is 61.9 Å². The van der Waals surface area contributed by atoms with E-state index in [0.717, 1.165) is 19.3 Å². The van der Waals surface area contributed by atoms with Crippen molar-refractivity contribution < 1.29 is 18.7 Å². The number of aromatic nitrogens is 4. The minimum atomic E-state index is -0.556. The Hall–Kier alpha value is -3.95. The molecule has 3 atom stereocenters. The van der Waals surface area contributed by atoms with Crippen LogP contribution in [0.25, 0.3) is 11.4 Å². The van der Waals surface area contributed by atoms with E-state index in [9.17, 15) is 14.0 Å². The third-order valence-corrected chi connectivity index (χ3v) is 6.18. The molecule has 0 spiro atoms. The van der Waals surface area contributed by atoms with Gasteiger partial charge in [0.1, 0.15) is 11.6 Å². The lowest BCUT2D eigenvalue weighted by Gasteiger charge is -2.26. The number of carbonyl (C=O) groups excluding carboxylic acids is 2. The third-order valence-electron chi connectivity index (χ3n) is 6.18. The van der Waals surface area contributed by atoms with Gasteiger partial charge >= 0.3 is 5.97 Å². The van der Waals surface area contributed by atoms with E-state index in [2.05, 4.69) is 30.0 Å². The van der Waals surface area contributed by atoms with Gasteiger partial charge in [0.05, 0.1) is 42.7 Å². The number of hydrogen-bond acceptors (Lipinski definition) is 8. The Morgan fingerprint density at radius 3 is 2.64 bits per heavy atom. The van der Waals surface area contributed by atoms with Gasteiger partial charge in [-0.15, -0.1) is 0 Å². The zero-order valence-corrected chi connectivity index (χ0v) is 17.8. The number of anilines is 1. The summed E-state index contributed by atoms with van der Waals surface area (Å²) in [6.07, 6.45) is 8.32. The number of methoxy groups -OCH3 is 1. The van der Waals surface area contributed by atoms with E-state index in [0.29, 0.717) is 5.82 Å². The highest BCUT2D eigenvalue weighted by atomic mass is 19.1. The van der Waals surface area contributed by atoms with Crippen molar-refractivity contribution in [1.82, 2.24) is 24.8 Å². The third kappa shape index (κ3) is 3.77. The van der Waals surface area contributed by atoms with Gasteiger partial charge in [-0.25, -0.2) is 29.1 Å². The fourth-order valence-electron chi connectivity index (χ4n) is 4.76. The van der Waals surface area contributed by atoms with E-state index in [-0.39, 0.29) is 46.7 Å². The summed E-state index contributed by atoms with van der Waals surface area (Å²) in [5, 5.41) is 3.33. The summed E-state index contributed by atoms with van der Waals surface area (Å²) in [4.78, 5) is 43.6. The molecule has 0 saturated carbocycles. The predicted molar refractivity (Wildman–Crippen MR) is 116 cm³/mol. The molecule has 168 valence electrons. The van der Waals surface area contributed by atoms with Gasteiger partial charge in [0.2, 0.25) is 0 Å². The maximum absolute atomic E-state index is 14.8. The lowest BCUT2D eigenvalue weighted by Crippen LogP contribution is -2.40. The SMILES string of the molecule is COC(=O)c1cnc(NC2CC3CCC2N3C(=O)c2cccc(F)c2-c2ncccn2)cn1. The lowest BCUT2D eigenvalue weighted by atomic mass is 9.95. The monoisotopic (exact) mass is 448 g/mol. The van der Waals surface area contributed by atoms with Gasteiger partial charge in [-0.3, -0.25) is 4.79 Å². The molecule has 10 heteroatoms. The first-order valence-corrected chi connectivity index (χ1v) is 10.6. The Balaban J connectivity index is 1.38. The van der Waals surface area contributed by atoms with Crippen LogP contribution in [0.2, 0.25) is 0 Å². The number of nitrogens with zero attached hydrogens (tertiary/aromatic N) is 5. The average molecular weight is 448 g/mol. The summed E-state index contributed by atoms with van der Waals surface area (Å²) in [5.41, 5.74) is 0.485. The topological polar surface area (TPSA) is 110 Å². The van der Waals surface area contributed by atoms with Crippen molar-refractivity contribution in [3.8, 4) is 11.4 Å². The fraction of sp³-hybridized carbons (Fsp3) is 0.304. The maximum atomic E-state index is 14.8. The van der Waals surface area contributed by atoms with E-state index < -0.39 is 11.8 Å². The minimum absolute atomic E-state index is 0.0315. The summed E-state index contributed by atoms with van der Waals surface area (Å²) in [5.74, 6) is -0.632. The smallest absolute Gasteiger partial charge is 0.358 e. The largest absolute Gasteiger partial charge is 0.464 e. The van der Waals surface area contributed by atoms with E-state index in [1.165, 1.54) is 44.0 Å². The van der Waals surface area contributed by atoms with Crippen molar-refractivity contribution in [3.63, 3.8) is 0 Å². The lowest BCUT2D eigenvalue weighted by molar-refractivity contribution is 0.0593. The molecule has 9 nitrogen and oxygen atoms in total. The van der Waals surface area contributed by atoms with Crippen LogP contribution in [0.3, 0.4) is 0 Å². The number of hydrogen-bond donors (Lipinski definition) is 1. The second-order valence-electron chi connectivity index (χ2n) is 8.01. The Labute approximate surface area is 189 Å². The van der Waals surface area contributed by atoms with Gasteiger partial charge in [0, 0.05) is 18.4 Å². The Bertz CT molecular complexity index is 1190. The molecule has 0 radical (unpaired) electrons. The summed E-state index contributed by atoms with van der Waals surface area (Å²) in [6.45, 7) is 0. The molecule has 2 aliphatic rings. The molecule has 2 bridgehead atoms. The molecule has 1 aromatic carbocycles. The highest BCUT2D eigenvalue weighted by Gasteiger charge is 2.49. The zero-order valence-electron chi connectivity index (χ0n) is 17.8. The molecule has 3 unspecified atom stereocenters. The first kappa shape index (κ1) is 20.9. The molecule has 33 heavy (non-hydrogen) atoms. The van der Waals surface area contributed by atoms with Crippen LogP contribution in [0.5, 0.6) is 0 Å². The first-order valence-electron chi connectivity index (χ1n) is 10.6. The standard InChI is InChI=1S/C23H21FN6O3/c1-33-23(32)17-11-28-19(12-27-17)29-16-10-13-6-7-18(16)30(13)22(31)14-4-2-5-15(24)20(14)21-25-8-3-9-26-21/h2-5,8-9,11-13,16,18H,6-7,10H2,1H3,(H,28,29). The summed E-state index contributed by atoms with van der Waals surface area (Å²) < 4.78 is 19.4. The van der Waals surface area contributed by atoms with Crippen molar-refractivity contribution in [1.29, 1.82) is 0 Å². The summed E-state index contributed by atoms with van der Waals surface area (Å²) in [6, 6.07) is 6.03. The molecule has 3 aromatic rings. The molecule has 5 rings (SSSR count). The van der Waals surface area contributed by atoms with Crippen LogP contribution in [0.15, 0.2) is 49.1 Å². The number of ether oxygens (including phenoxy) is 1. The molecular formula is C23H21FN6O3. The molecule has 2 saturated heterocycles. The second kappa shape index (κ2) is 8.53. The van der Waals surface area contributed by atoms with Gasteiger partial charge in [-0.05, 0) is 37.5 Å². The Morgan fingerprint density at radius 1 is 1.09 bits per heavy atom. The maximum Gasteiger partial charge on any atom is 0.358 e. The second-order valence-corrected chi connectivity index (χ2v) is 8.01. The Morgan fingerprint density at radius 2 is 1.91 bits per heavy atom. The summed E-state index contributed by atoms with van der Waals surface area (Å²) in [7, 11) is 1.28. The van der Waals surface area contributed by atoms with Crippen molar-refractivity contribution in [3.05, 3.63) is 66.1 Å². The highest BCUT2D eigenvalue weighted by Crippen LogP contribution is 2.41. The van der Waals surface area contributed by atoms with Gasteiger partial charge in [-0.2, -0.15) is 0 Å². The van der Waals surface area contributed by atoms with Crippen LogP contribution in [0.4, 0.5) is 10.2 Å². The van der Waals surface area contributed by atoms with Crippen molar-refractivity contribution in [2.24, 2.45) is 0 Å². The van der Waals surface area contributed by atoms with Gasteiger partial charge in [0.15, 0.2) is 11.5 Å². The van der Waals surface area contributed by atoms with Gasteiger partial charge < -0.3 is 15.0 Å². The van der Waals surface area contributed by atoms with Crippen LogP contribution >= 0.6 is 0 Å². The molecule has 1 N–H and O–H groups in total. The number of benzene rings is 1. The quantitative estimate of drug-likeness (QED) is 0.594. The molecule has 1 amide bonds.